The van der Waals surface area contributed by atoms with Crippen molar-refractivity contribution in [2.24, 2.45) is 0 Å². The molecule has 1 N–H and O–H groups in total. The Bertz CT molecular complexity index is 192. The summed E-state index contributed by atoms with van der Waals surface area (Å²) < 4.78 is 12.1. The van der Waals surface area contributed by atoms with Crippen LogP contribution >= 0.6 is 0 Å². The quantitative estimate of drug-likeness (QED) is 0.480. The van der Waals surface area contributed by atoms with Crippen LogP contribution in [0.2, 0.25) is 0 Å². The van der Waals surface area contributed by atoms with Gasteiger partial charge in [-0.25, -0.2) is 9.18 Å². The Balaban J connectivity index is 3.93. The van der Waals surface area contributed by atoms with E-state index in [1.54, 1.807) is 0 Å². The third-order valence-corrected chi connectivity index (χ3v) is 0.689. The number of hydrogen-bond acceptors (Lipinski definition) is 1. The van der Waals surface area contributed by atoms with Crippen molar-refractivity contribution in [3.63, 3.8) is 0 Å². The average molecular weight is 142 g/mol. The van der Waals surface area contributed by atoms with Crippen molar-refractivity contribution >= 4 is 5.97 Å². The molecule has 0 aliphatic carbocycles. The molecule has 0 aliphatic heterocycles. The molecule has 0 saturated heterocycles. The Morgan fingerprint density at radius 3 is 2.60 bits per heavy atom. The standard InChI is InChI=1S/C7H7FO2/c1-2-6(8)4-3-5-7(9)10/h2-5H,1H2,(H,9,10)/b5-3+,6-4+. The lowest BCUT2D eigenvalue weighted by Gasteiger charge is -1.78. The fourth-order valence-electron chi connectivity index (χ4n) is 0.290. The summed E-state index contributed by atoms with van der Waals surface area (Å²) in [5.41, 5.74) is 0. The molecule has 0 spiro atoms. The second-order valence-electron chi connectivity index (χ2n) is 1.45. The minimum absolute atomic E-state index is 0.558. The second-order valence-corrected chi connectivity index (χ2v) is 1.45. The van der Waals surface area contributed by atoms with E-state index in [0.717, 1.165) is 24.3 Å². The van der Waals surface area contributed by atoms with E-state index in [4.69, 9.17) is 5.11 Å². The van der Waals surface area contributed by atoms with Gasteiger partial charge in [-0.05, 0) is 12.2 Å². The third kappa shape index (κ3) is 4.77. The van der Waals surface area contributed by atoms with Gasteiger partial charge in [-0.2, -0.15) is 0 Å². The van der Waals surface area contributed by atoms with E-state index in [-0.39, 0.29) is 0 Å². The number of allylic oxidation sites excluding steroid dienone is 4. The molecule has 0 saturated carbocycles. The highest BCUT2D eigenvalue weighted by molar-refractivity contribution is 5.80. The maximum Gasteiger partial charge on any atom is 0.328 e. The van der Waals surface area contributed by atoms with Crippen LogP contribution in [0.3, 0.4) is 0 Å². The van der Waals surface area contributed by atoms with E-state index >= 15 is 0 Å². The van der Waals surface area contributed by atoms with Crippen molar-refractivity contribution < 1.29 is 14.3 Å². The van der Waals surface area contributed by atoms with Crippen molar-refractivity contribution in [3.8, 4) is 0 Å². The topological polar surface area (TPSA) is 37.3 Å². The lowest BCUT2D eigenvalue weighted by Crippen LogP contribution is -1.84. The first-order chi connectivity index (χ1) is 4.66. The van der Waals surface area contributed by atoms with Gasteiger partial charge in [-0.15, -0.1) is 0 Å². The largest absolute Gasteiger partial charge is 0.478 e. The first kappa shape index (κ1) is 8.62. The van der Waals surface area contributed by atoms with E-state index in [2.05, 4.69) is 6.58 Å². The molecule has 0 rings (SSSR count). The van der Waals surface area contributed by atoms with E-state index < -0.39 is 11.8 Å². The van der Waals surface area contributed by atoms with Gasteiger partial charge >= 0.3 is 5.97 Å². The first-order valence-corrected chi connectivity index (χ1v) is 2.56. The number of rotatable bonds is 3. The minimum atomic E-state index is -1.10. The van der Waals surface area contributed by atoms with Gasteiger partial charge in [0.1, 0.15) is 5.83 Å². The van der Waals surface area contributed by atoms with Gasteiger partial charge in [-0.1, -0.05) is 12.7 Å². The highest BCUT2D eigenvalue weighted by atomic mass is 19.1. The smallest absolute Gasteiger partial charge is 0.328 e. The van der Waals surface area contributed by atoms with Crippen LogP contribution in [0.5, 0.6) is 0 Å². The lowest BCUT2D eigenvalue weighted by molar-refractivity contribution is -0.131. The van der Waals surface area contributed by atoms with E-state index in [1.165, 1.54) is 0 Å². The molecule has 0 fully saturated rings. The van der Waals surface area contributed by atoms with Crippen LogP contribution in [-0.4, -0.2) is 11.1 Å². The van der Waals surface area contributed by atoms with Crippen LogP contribution in [0.1, 0.15) is 0 Å². The summed E-state index contributed by atoms with van der Waals surface area (Å²) in [7, 11) is 0. The Morgan fingerprint density at radius 2 is 2.20 bits per heavy atom. The van der Waals surface area contributed by atoms with Crippen LogP contribution in [0.25, 0.3) is 0 Å². The highest BCUT2D eigenvalue weighted by Gasteiger charge is 1.83. The van der Waals surface area contributed by atoms with Crippen molar-refractivity contribution in [2.75, 3.05) is 0 Å². The number of halogens is 1. The molecule has 0 unspecified atom stereocenters. The molecular formula is C7H7FO2. The highest BCUT2D eigenvalue weighted by Crippen LogP contribution is 1.95. The molecule has 0 atom stereocenters. The fourth-order valence-corrected chi connectivity index (χ4v) is 0.290. The fraction of sp³-hybridized carbons (Fsp3) is 0. The molecule has 0 aromatic heterocycles. The molecule has 0 aromatic rings. The summed E-state index contributed by atoms with van der Waals surface area (Å²) in [6.07, 6.45) is 3.94. The molecule has 10 heavy (non-hydrogen) atoms. The molecule has 2 nitrogen and oxygen atoms in total. The maximum absolute atomic E-state index is 12.1. The predicted octanol–water partition coefficient (Wildman–Crippen LogP) is 1.67. The Labute approximate surface area is 58.0 Å². The summed E-state index contributed by atoms with van der Waals surface area (Å²) >= 11 is 0. The van der Waals surface area contributed by atoms with Gasteiger partial charge in [0.05, 0.1) is 0 Å². The summed E-state index contributed by atoms with van der Waals surface area (Å²) in [5.74, 6) is -1.66. The van der Waals surface area contributed by atoms with Crippen LogP contribution in [0.4, 0.5) is 4.39 Å². The van der Waals surface area contributed by atoms with Gasteiger partial charge in [0.25, 0.3) is 0 Å². The molecule has 0 aliphatic rings. The second kappa shape index (κ2) is 4.49. The monoisotopic (exact) mass is 142 g/mol. The molecular weight excluding hydrogens is 135 g/mol. The number of carbonyl (C=O) groups is 1. The van der Waals surface area contributed by atoms with Crippen molar-refractivity contribution in [1.82, 2.24) is 0 Å². The summed E-state index contributed by atoms with van der Waals surface area (Å²) in [4.78, 5) is 9.80. The van der Waals surface area contributed by atoms with Gasteiger partial charge in [0.15, 0.2) is 0 Å². The Kier molecular flexibility index (Phi) is 3.87. The van der Waals surface area contributed by atoms with Crippen molar-refractivity contribution in [2.45, 2.75) is 0 Å². The van der Waals surface area contributed by atoms with Crippen LogP contribution in [0.15, 0.2) is 36.7 Å². The van der Waals surface area contributed by atoms with Crippen LogP contribution < -0.4 is 0 Å². The minimum Gasteiger partial charge on any atom is -0.478 e. The third-order valence-electron chi connectivity index (χ3n) is 0.689. The summed E-state index contributed by atoms with van der Waals surface area (Å²) in [6.45, 7) is 3.13. The van der Waals surface area contributed by atoms with Crippen molar-refractivity contribution in [1.29, 1.82) is 0 Å². The summed E-state index contributed by atoms with van der Waals surface area (Å²) in [6, 6.07) is 0. The lowest BCUT2D eigenvalue weighted by atomic mass is 10.4. The normalized spacial score (nSPS) is 11.9. The molecule has 54 valence electrons. The van der Waals surface area contributed by atoms with Gasteiger partial charge in [0, 0.05) is 6.08 Å². The van der Waals surface area contributed by atoms with Crippen LogP contribution in [0, 0.1) is 0 Å². The van der Waals surface area contributed by atoms with Crippen molar-refractivity contribution in [3.05, 3.63) is 36.7 Å². The molecule has 0 radical (unpaired) electrons. The van der Waals surface area contributed by atoms with Gasteiger partial charge in [0.2, 0.25) is 0 Å². The molecule has 0 bridgehead atoms. The SMILES string of the molecule is C=C/C(F)=C\C=C\C(=O)O. The number of carboxylic acids is 1. The number of hydrogen-bond donors (Lipinski definition) is 1. The van der Waals surface area contributed by atoms with E-state index in [0.29, 0.717) is 0 Å². The number of aliphatic carboxylic acids is 1. The molecule has 3 heteroatoms. The van der Waals surface area contributed by atoms with E-state index in [9.17, 15) is 9.18 Å². The first-order valence-electron chi connectivity index (χ1n) is 2.56. The maximum atomic E-state index is 12.1. The molecule has 0 amide bonds. The Hall–Kier alpha value is -1.38. The van der Waals surface area contributed by atoms with E-state index in [1.807, 2.05) is 0 Å². The summed E-state index contributed by atoms with van der Waals surface area (Å²) in [5, 5.41) is 8.03. The molecule has 0 heterocycles. The predicted molar refractivity (Wildman–Crippen MR) is 36.2 cm³/mol. The van der Waals surface area contributed by atoms with Gasteiger partial charge in [-0.3, -0.25) is 0 Å². The zero-order valence-corrected chi connectivity index (χ0v) is 5.25. The zero-order chi connectivity index (χ0) is 7.98. The molecule has 0 aromatic carbocycles. The average Bonchev–Trinajstić information content (AvgIpc) is 1.87. The Morgan fingerprint density at radius 1 is 1.60 bits per heavy atom. The van der Waals surface area contributed by atoms with Crippen LogP contribution in [-0.2, 0) is 4.79 Å². The zero-order valence-electron chi connectivity index (χ0n) is 5.25. The number of carboxylic acid groups (broad SMARTS) is 1. The van der Waals surface area contributed by atoms with Gasteiger partial charge < -0.3 is 5.11 Å².